The van der Waals surface area contributed by atoms with E-state index in [0.717, 1.165) is 4.31 Å². The van der Waals surface area contributed by atoms with Crippen molar-refractivity contribution in [3.05, 3.63) is 97.9 Å². The minimum Gasteiger partial charge on any atom is -0.443 e. The lowest BCUT2D eigenvalue weighted by Gasteiger charge is -2.34. The number of nitro benzene ring substituents is 2. The van der Waals surface area contributed by atoms with Gasteiger partial charge in [-0.15, -0.1) is 0 Å². The molecule has 2 aliphatic heterocycles. The quantitative estimate of drug-likeness (QED) is 0.0832. The second kappa shape index (κ2) is 16.4. The molecule has 2 saturated heterocycles. The van der Waals surface area contributed by atoms with Crippen LogP contribution in [-0.2, 0) is 36.2 Å². The summed E-state index contributed by atoms with van der Waals surface area (Å²) in [4.78, 5) is 37.8. The van der Waals surface area contributed by atoms with Crippen LogP contribution in [0.15, 0.2) is 75.0 Å². The van der Waals surface area contributed by atoms with E-state index in [0.29, 0.717) is 53.8 Å². The number of sulfonamides is 1. The summed E-state index contributed by atoms with van der Waals surface area (Å²) < 4.78 is 135. The molecule has 3 heterocycles. The van der Waals surface area contributed by atoms with Gasteiger partial charge in [0.2, 0.25) is 21.7 Å². The Morgan fingerprint density at radius 3 is 1.81 bits per heavy atom. The normalized spacial score (nSPS) is 17.1. The smallest absolute Gasteiger partial charge is 0.416 e. The average Bonchev–Trinajstić information content (AvgIpc) is 3.74. The Morgan fingerprint density at radius 1 is 0.828 bits per heavy atom. The van der Waals surface area contributed by atoms with Gasteiger partial charge in [-0.3, -0.25) is 30.0 Å². The molecule has 0 saturated carbocycles. The Hall–Kier alpha value is -5.44. The molecule has 1 aromatic heterocycles. The summed E-state index contributed by atoms with van der Waals surface area (Å²) in [5, 5.41) is 25.7. The van der Waals surface area contributed by atoms with E-state index >= 15 is 0 Å². The number of halogens is 7. The second-order valence-corrected chi connectivity index (χ2v) is 16.8. The maximum Gasteiger partial charge on any atom is 0.416 e. The van der Waals surface area contributed by atoms with Gasteiger partial charge in [-0.05, 0) is 48.5 Å². The van der Waals surface area contributed by atoms with E-state index < -0.39 is 85.8 Å². The van der Waals surface area contributed by atoms with Crippen molar-refractivity contribution in [2.75, 3.05) is 44.2 Å². The molecule has 1 unspecified atom stereocenters. The van der Waals surface area contributed by atoms with Crippen molar-refractivity contribution in [2.45, 2.75) is 35.2 Å². The molecular weight excluding hydrogens is 860 g/mol. The molecule has 2 fully saturated rings. The highest BCUT2D eigenvalue weighted by Crippen LogP contribution is 2.37. The number of cyclic esters (lactones) is 1. The lowest BCUT2D eigenvalue weighted by atomic mass is 10.2. The van der Waals surface area contributed by atoms with Crippen LogP contribution in [0.2, 0.25) is 0 Å². The van der Waals surface area contributed by atoms with Gasteiger partial charge in [0.05, 0.1) is 27.5 Å². The van der Waals surface area contributed by atoms with Gasteiger partial charge >= 0.3 is 18.4 Å². The molecule has 2 aliphatic rings. The van der Waals surface area contributed by atoms with E-state index in [2.05, 4.69) is 10.1 Å². The molecule has 0 aliphatic carbocycles. The van der Waals surface area contributed by atoms with E-state index in [9.17, 15) is 68.2 Å². The van der Waals surface area contributed by atoms with Gasteiger partial charge in [0.25, 0.3) is 20.4 Å². The van der Waals surface area contributed by atoms with Crippen molar-refractivity contribution < 1.29 is 67.1 Å². The summed E-state index contributed by atoms with van der Waals surface area (Å²) in [5.41, 5.74) is -3.67. The van der Waals surface area contributed by atoms with Crippen LogP contribution in [0.3, 0.4) is 0 Å². The number of amides is 1. The third-order valence-corrected chi connectivity index (χ3v) is 11.8. The number of aromatic nitrogens is 2. The zero-order valence-electron chi connectivity index (χ0n) is 29.2. The Kier molecular flexibility index (Phi) is 12.4. The van der Waals surface area contributed by atoms with Crippen LogP contribution in [0.25, 0.3) is 11.4 Å². The number of alkyl halides is 6. The predicted molar refractivity (Wildman–Crippen MR) is 187 cm³/mol. The summed E-state index contributed by atoms with van der Waals surface area (Å²) >= 11 is 0. The monoisotopic (exact) mass is 885 g/mol. The number of hydrogen-bond acceptors (Lipinski definition) is 14. The largest absolute Gasteiger partial charge is 0.443 e. The maximum absolute atomic E-state index is 13.1. The first-order valence-corrected chi connectivity index (χ1v) is 19.9. The number of nitro groups is 2. The van der Waals surface area contributed by atoms with E-state index in [4.69, 9.17) is 19.9 Å². The van der Waals surface area contributed by atoms with Crippen LogP contribution in [0, 0.1) is 27.2 Å². The molecule has 1 amide bonds. The van der Waals surface area contributed by atoms with Crippen LogP contribution < -0.4 is 4.90 Å². The lowest BCUT2D eigenvalue weighted by molar-refractivity contribution is -0.388. The molecule has 3 aromatic carbocycles. The van der Waals surface area contributed by atoms with Gasteiger partial charge in [-0.1, -0.05) is 5.16 Å². The molecule has 312 valence electrons. The number of carbonyl (C=O) groups is 1. The van der Waals surface area contributed by atoms with Crippen LogP contribution in [0.5, 0.6) is 0 Å². The first kappa shape index (κ1) is 43.7. The summed E-state index contributed by atoms with van der Waals surface area (Å²) in [7, 11) is -4.05. The molecule has 4 aromatic rings. The number of rotatable bonds is 9. The van der Waals surface area contributed by atoms with Crippen molar-refractivity contribution >= 4 is 52.9 Å². The molecule has 1 atom stereocenters. The van der Waals surface area contributed by atoms with Gasteiger partial charge in [-0.2, -0.15) is 35.6 Å². The number of aryl methyl sites for hydroxylation is 1. The highest BCUT2D eigenvalue weighted by Gasteiger charge is 2.40. The van der Waals surface area contributed by atoms with E-state index in [1.54, 1.807) is 31.2 Å². The molecule has 0 spiro atoms. The van der Waals surface area contributed by atoms with Crippen LogP contribution >= 0.6 is 10.7 Å². The Labute approximate surface area is 327 Å². The van der Waals surface area contributed by atoms with Crippen molar-refractivity contribution in [1.29, 1.82) is 0 Å². The standard InChI is InChI=1S/C24H23F3N6O7S.C7H3ClF3NO4S/c1-15-28-22(29-40-15)16-2-5-18(6-3-16)32-14-19(39-23(32)34)13-30-8-10-31(11-9-30)41(37,38)21-7-4-17(24(25,26)27)12-20(21)33(35)36;8-17(15,16)6-2-1-4(7(9,10)11)3-5(6)12(13)14/h2-7,12,19H,8-11,13-14H2,1H3;1-3H. The number of hydrogen-bond donors (Lipinski definition) is 0. The average molecular weight is 886 g/mol. The highest BCUT2D eigenvalue weighted by molar-refractivity contribution is 8.13. The van der Waals surface area contributed by atoms with E-state index in [-0.39, 0.29) is 44.9 Å². The third-order valence-electron chi connectivity index (χ3n) is 8.48. The zero-order valence-corrected chi connectivity index (χ0v) is 31.6. The summed E-state index contributed by atoms with van der Waals surface area (Å²) in [5.74, 6) is 0.847. The van der Waals surface area contributed by atoms with E-state index in [1.807, 2.05) is 4.90 Å². The van der Waals surface area contributed by atoms with Crippen molar-refractivity contribution in [3.63, 3.8) is 0 Å². The fourth-order valence-electron chi connectivity index (χ4n) is 5.71. The number of piperazine rings is 1. The number of nitrogens with zero attached hydrogens (tertiary/aromatic N) is 7. The molecule has 0 radical (unpaired) electrons. The number of anilines is 1. The molecule has 6 rings (SSSR count). The molecule has 0 N–H and O–H groups in total. The Morgan fingerprint density at radius 2 is 1.34 bits per heavy atom. The molecule has 0 bridgehead atoms. The van der Waals surface area contributed by atoms with Crippen molar-refractivity contribution in [3.8, 4) is 11.4 Å². The first-order chi connectivity index (χ1) is 26.9. The first-order valence-electron chi connectivity index (χ1n) is 16.1. The van der Waals surface area contributed by atoms with Gasteiger partial charge < -0.3 is 9.26 Å². The molecular formula is C31H26ClF6N7O11S2. The van der Waals surface area contributed by atoms with E-state index in [1.165, 1.54) is 4.90 Å². The van der Waals surface area contributed by atoms with Crippen LogP contribution in [0.1, 0.15) is 17.0 Å². The minimum absolute atomic E-state index is 0.0537. The SMILES string of the molecule is Cc1nc(-c2ccc(N3CC(CN4CCN(S(=O)(=O)c5ccc(C(F)(F)F)cc5[N+](=O)[O-])CC4)OC3=O)cc2)no1.O=[N+]([O-])c1cc(C(F)(F)F)ccc1S(=O)(=O)Cl. The fraction of sp³-hybridized carbons (Fsp3) is 0.323. The lowest BCUT2D eigenvalue weighted by Crippen LogP contribution is -2.50. The minimum atomic E-state index is -4.87. The van der Waals surface area contributed by atoms with Crippen LogP contribution in [-0.4, -0.2) is 97.5 Å². The molecule has 58 heavy (non-hydrogen) atoms. The Balaban J connectivity index is 0.000000316. The van der Waals surface area contributed by atoms with Crippen molar-refractivity contribution in [1.82, 2.24) is 19.3 Å². The summed E-state index contributed by atoms with van der Waals surface area (Å²) in [6, 6.07) is 9.29. The number of ether oxygens (including phenoxy) is 1. The van der Waals surface area contributed by atoms with Gasteiger partial charge in [0.15, 0.2) is 9.79 Å². The summed E-state index contributed by atoms with van der Waals surface area (Å²) in [6.07, 6.45) is -10.7. The zero-order chi connectivity index (χ0) is 43.0. The number of carbonyl (C=O) groups excluding carboxylic acids is 1. The van der Waals surface area contributed by atoms with Gasteiger partial charge in [0, 0.05) is 73.7 Å². The third kappa shape index (κ3) is 9.98. The Bertz CT molecular complexity index is 2440. The van der Waals surface area contributed by atoms with Gasteiger partial charge in [-0.25, -0.2) is 21.6 Å². The number of benzene rings is 3. The predicted octanol–water partition coefficient (Wildman–Crippen LogP) is 5.84. The van der Waals surface area contributed by atoms with Crippen molar-refractivity contribution in [2.24, 2.45) is 0 Å². The highest BCUT2D eigenvalue weighted by atomic mass is 35.7. The molecule has 27 heteroatoms. The molecule has 18 nitrogen and oxygen atoms in total. The van der Waals surface area contributed by atoms with Gasteiger partial charge in [0.1, 0.15) is 6.10 Å². The maximum atomic E-state index is 13.1. The topological polar surface area (TPSA) is 230 Å². The fourth-order valence-corrected chi connectivity index (χ4v) is 8.28. The second-order valence-electron chi connectivity index (χ2n) is 12.3. The van der Waals surface area contributed by atoms with Crippen LogP contribution in [0.4, 0.5) is 48.2 Å². The summed E-state index contributed by atoms with van der Waals surface area (Å²) in [6.45, 7) is 2.59.